The maximum atomic E-state index is 11.6. The van der Waals surface area contributed by atoms with E-state index in [0.717, 1.165) is 12.3 Å². The van der Waals surface area contributed by atoms with Crippen molar-refractivity contribution < 1.29 is 22.7 Å². The van der Waals surface area contributed by atoms with Gasteiger partial charge in [0.1, 0.15) is 10.6 Å². The summed E-state index contributed by atoms with van der Waals surface area (Å²) in [5, 5.41) is 0. The van der Waals surface area contributed by atoms with E-state index in [-0.39, 0.29) is 22.8 Å². The van der Waals surface area contributed by atoms with Crippen LogP contribution in [0.2, 0.25) is 0 Å². The fourth-order valence-electron chi connectivity index (χ4n) is 1.20. The number of H-pyrrole nitrogens is 1. The van der Waals surface area contributed by atoms with Crippen LogP contribution in [-0.2, 0) is 18.5 Å². The number of esters is 1. The number of carbonyl (C=O) groups excluding carboxylic acids is 1. The Morgan fingerprint density at radius 3 is 2.58 bits per heavy atom. The number of rotatable bonds is 6. The summed E-state index contributed by atoms with van der Waals surface area (Å²) >= 11 is 0. The van der Waals surface area contributed by atoms with Crippen molar-refractivity contribution in [2.45, 2.75) is 30.8 Å². The summed E-state index contributed by atoms with van der Waals surface area (Å²) in [5.41, 5.74) is -0.352. The van der Waals surface area contributed by atoms with Crippen molar-refractivity contribution in [2.24, 2.45) is 0 Å². The first-order valence-corrected chi connectivity index (χ1v) is 7.82. The summed E-state index contributed by atoms with van der Waals surface area (Å²) in [6.45, 7) is 3.91. The molecule has 0 spiro atoms. The topological polar surface area (TPSA) is 85.5 Å². The third-order valence-electron chi connectivity index (χ3n) is 2.65. The normalized spacial score (nSPS) is 12.4. The molecule has 0 aromatic carbocycles. The Bertz CT molecular complexity index is 549. The molecular weight excluding hydrogens is 294 g/mol. The van der Waals surface area contributed by atoms with Crippen molar-refractivity contribution in [1.29, 1.82) is 0 Å². The first-order chi connectivity index (χ1) is 8.65. The van der Waals surface area contributed by atoms with Crippen LogP contribution < -0.4 is 0 Å². The molecule has 6 nitrogen and oxygen atoms in total. The highest BCUT2D eigenvalue weighted by Crippen LogP contribution is 2.17. The molecule has 0 fully saturated rings. The van der Waals surface area contributed by atoms with Gasteiger partial charge in [0.2, 0.25) is 0 Å². The zero-order valence-electron chi connectivity index (χ0n) is 10.9. The van der Waals surface area contributed by atoms with Gasteiger partial charge < -0.3 is 14.5 Å². The molecule has 0 aliphatic carbocycles. The SMILES string of the molecule is COC(C)(C)CCOC(=O)c1cc(S(=O)(=O)Cl)c[nH]1. The van der Waals surface area contributed by atoms with Crippen molar-refractivity contribution in [3.63, 3.8) is 0 Å². The Balaban J connectivity index is 2.58. The molecule has 0 saturated heterocycles. The fraction of sp³-hybridized carbons (Fsp3) is 0.545. The molecule has 0 aliphatic rings. The molecule has 0 amide bonds. The first-order valence-electron chi connectivity index (χ1n) is 5.51. The smallest absolute Gasteiger partial charge is 0.354 e. The summed E-state index contributed by atoms with van der Waals surface area (Å²) in [4.78, 5) is 14.0. The van der Waals surface area contributed by atoms with Gasteiger partial charge in [-0.3, -0.25) is 0 Å². The number of methoxy groups -OCH3 is 1. The van der Waals surface area contributed by atoms with Crippen molar-refractivity contribution in [3.05, 3.63) is 18.0 Å². The van der Waals surface area contributed by atoms with Gasteiger partial charge in [-0.05, 0) is 19.9 Å². The summed E-state index contributed by atoms with van der Waals surface area (Å²) in [5.74, 6) is -0.640. The highest BCUT2D eigenvalue weighted by Gasteiger charge is 2.19. The average molecular weight is 310 g/mol. The van der Waals surface area contributed by atoms with E-state index < -0.39 is 15.0 Å². The Hall–Kier alpha value is -1.05. The predicted octanol–water partition coefficient (Wildman–Crippen LogP) is 1.91. The number of halogens is 1. The second-order valence-electron chi connectivity index (χ2n) is 4.54. The largest absolute Gasteiger partial charge is 0.461 e. The molecule has 108 valence electrons. The molecule has 19 heavy (non-hydrogen) atoms. The highest BCUT2D eigenvalue weighted by molar-refractivity contribution is 8.13. The summed E-state index contributed by atoms with van der Waals surface area (Å²) < 4.78 is 32.2. The van der Waals surface area contributed by atoms with E-state index in [9.17, 15) is 13.2 Å². The van der Waals surface area contributed by atoms with Crippen molar-refractivity contribution >= 4 is 25.7 Å². The molecule has 0 radical (unpaired) electrons. The molecule has 0 bridgehead atoms. The minimum absolute atomic E-state index is 0.0365. The molecule has 0 unspecified atom stereocenters. The number of nitrogens with one attached hydrogen (secondary N) is 1. The van der Waals surface area contributed by atoms with Crippen molar-refractivity contribution in [3.8, 4) is 0 Å². The standard InChI is InChI=1S/C11H16ClNO5S/c1-11(2,17-3)4-5-18-10(14)9-6-8(7-13-9)19(12,15)16/h6-7,13H,4-5H2,1-3H3. The van der Waals surface area contributed by atoms with E-state index in [1.807, 2.05) is 13.8 Å². The maximum absolute atomic E-state index is 11.6. The second kappa shape index (κ2) is 5.94. The number of ether oxygens (including phenoxy) is 2. The molecule has 1 heterocycles. The van der Waals surface area contributed by atoms with E-state index in [2.05, 4.69) is 4.98 Å². The van der Waals surface area contributed by atoms with Crippen LogP contribution in [0.5, 0.6) is 0 Å². The number of carbonyl (C=O) groups is 1. The lowest BCUT2D eigenvalue weighted by atomic mass is 10.1. The number of hydrogen-bond acceptors (Lipinski definition) is 5. The van der Waals surface area contributed by atoms with E-state index >= 15 is 0 Å². The van der Waals surface area contributed by atoms with E-state index in [4.69, 9.17) is 20.2 Å². The van der Waals surface area contributed by atoms with Crippen LogP contribution in [0.1, 0.15) is 30.8 Å². The molecule has 1 rings (SSSR count). The summed E-state index contributed by atoms with van der Waals surface area (Å²) in [6, 6.07) is 1.13. The molecular formula is C11H16ClNO5S. The minimum atomic E-state index is -3.85. The van der Waals surface area contributed by atoms with E-state index in [1.165, 1.54) is 0 Å². The van der Waals surface area contributed by atoms with Crippen LogP contribution >= 0.6 is 10.7 Å². The molecule has 8 heteroatoms. The second-order valence-corrected chi connectivity index (χ2v) is 7.10. The Morgan fingerprint density at radius 1 is 1.47 bits per heavy atom. The molecule has 0 saturated carbocycles. The first kappa shape index (κ1) is 16.0. The van der Waals surface area contributed by atoms with Crippen LogP contribution in [-0.4, -0.2) is 38.7 Å². The van der Waals surface area contributed by atoms with E-state index in [0.29, 0.717) is 6.42 Å². The maximum Gasteiger partial charge on any atom is 0.354 e. The molecule has 0 aliphatic heterocycles. The van der Waals surface area contributed by atoms with E-state index in [1.54, 1.807) is 7.11 Å². The lowest BCUT2D eigenvalue weighted by Crippen LogP contribution is -2.25. The van der Waals surface area contributed by atoms with Gasteiger partial charge in [0.15, 0.2) is 0 Å². The zero-order valence-corrected chi connectivity index (χ0v) is 12.5. The number of aromatic nitrogens is 1. The zero-order chi connectivity index (χ0) is 14.7. The van der Waals surface area contributed by atoms with Gasteiger partial charge in [0.25, 0.3) is 9.05 Å². The van der Waals surface area contributed by atoms with Gasteiger partial charge in [-0.2, -0.15) is 0 Å². The van der Waals surface area contributed by atoms with Crippen LogP contribution in [0.3, 0.4) is 0 Å². The van der Waals surface area contributed by atoms with Crippen LogP contribution in [0.15, 0.2) is 17.2 Å². The third-order valence-corrected chi connectivity index (χ3v) is 3.98. The Labute approximate surface area is 116 Å². The number of aromatic amines is 1. The van der Waals surface area contributed by atoms with Gasteiger partial charge in [-0.25, -0.2) is 13.2 Å². The van der Waals surface area contributed by atoms with Gasteiger partial charge in [0.05, 0.1) is 12.2 Å². The average Bonchev–Trinajstić information content (AvgIpc) is 2.77. The lowest BCUT2D eigenvalue weighted by molar-refractivity contribution is -0.00579. The predicted molar refractivity (Wildman–Crippen MR) is 69.8 cm³/mol. The van der Waals surface area contributed by atoms with Crippen molar-refractivity contribution in [1.82, 2.24) is 4.98 Å². The lowest BCUT2D eigenvalue weighted by Gasteiger charge is -2.22. The quantitative estimate of drug-likeness (QED) is 0.641. The summed E-state index contributed by atoms with van der Waals surface area (Å²) in [6.07, 6.45) is 1.66. The minimum Gasteiger partial charge on any atom is -0.461 e. The van der Waals surface area contributed by atoms with Crippen molar-refractivity contribution in [2.75, 3.05) is 13.7 Å². The van der Waals surface area contributed by atoms with Crippen LogP contribution in [0.4, 0.5) is 0 Å². The molecule has 1 aromatic heterocycles. The van der Waals surface area contributed by atoms with Gasteiger partial charge in [-0.1, -0.05) is 0 Å². The fourth-order valence-corrected chi connectivity index (χ4v) is 1.93. The Morgan fingerprint density at radius 2 is 2.11 bits per heavy atom. The molecule has 0 atom stereocenters. The van der Waals surface area contributed by atoms with Gasteiger partial charge in [-0.15, -0.1) is 0 Å². The highest BCUT2D eigenvalue weighted by atomic mass is 35.7. The third kappa shape index (κ3) is 4.85. The van der Waals surface area contributed by atoms with Gasteiger partial charge in [0, 0.05) is 30.4 Å². The molecule has 1 aromatic rings. The number of hydrogen-bond donors (Lipinski definition) is 1. The monoisotopic (exact) mass is 309 g/mol. The van der Waals surface area contributed by atoms with Gasteiger partial charge >= 0.3 is 5.97 Å². The van der Waals surface area contributed by atoms with Crippen LogP contribution in [0, 0.1) is 0 Å². The Kier molecular flexibility index (Phi) is 5.00. The van der Waals surface area contributed by atoms with Crippen LogP contribution in [0.25, 0.3) is 0 Å². The molecule has 1 N–H and O–H groups in total. The summed E-state index contributed by atoms with van der Waals surface area (Å²) in [7, 11) is 2.87.